The molecule has 0 saturated carbocycles. The van der Waals surface area contributed by atoms with Gasteiger partial charge in [-0.15, -0.1) is 0 Å². The van der Waals surface area contributed by atoms with Gasteiger partial charge < -0.3 is 9.47 Å². The summed E-state index contributed by atoms with van der Waals surface area (Å²) in [4.78, 5) is 22.0. The molecule has 6 nitrogen and oxygen atoms in total. The molecule has 0 bridgehead atoms. The van der Waals surface area contributed by atoms with E-state index in [0.29, 0.717) is 22.8 Å². The zero-order valence-electron chi connectivity index (χ0n) is 14.1. The van der Waals surface area contributed by atoms with Crippen molar-refractivity contribution in [3.05, 3.63) is 101 Å². The fraction of sp³-hybridized carbons (Fsp3) is 0. The first kappa shape index (κ1) is 17.9. The van der Waals surface area contributed by atoms with E-state index in [2.05, 4.69) is 0 Å². The second kappa shape index (κ2) is 8.44. The summed E-state index contributed by atoms with van der Waals surface area (Å²) in [7, 11) is 0. The van der Waals surface area contributed by atoms with E-state index in [1.165, 1.54) is 24.3 Å². The molecule has 0 amide bonds. The molecular weight excluding hydrogens is 346 g/mol. The Labute approximate surface area is 155 Å². The number of para-hydroxylation sites is 1. The lowest BCUT2D eigenvalue weighted by Crippen LogP contribution is -2.03. The van der Waals surface area contributed by atoms with Crippen LogP contribution in [-0.2, 0) is 4.79 Å². The van der Waals surface area contributed by atoms with E-state index < -0.39 is 10.9 Å². The maximum atomic E-state index is 11.9. The molecule has 0 aliphatic heterocycles. The van der Waals surface area contributed by atoms with Crippen LogP contribution >= 0.6 is 0 Å². The van der Waals surface area contributed by atoms with E-state index in [1.54, 1.807) is 36.4 Å². The van der Waals surface area contributed by atoms with E-state index in [-0.39, 0.29) is 5.69 Å². The van der Waals surface area contributed by atoms with Crippen LogP contribution in [0.2, 0.25) is 0 Å². The average molecular weight is 361 g/mol. The van der Waals surface area contributed by atoms with E-state index in [9.17, 15) is 14.9 Å². The summed E-state index contributed by atoms with van der Waals surface area (Å²) in [5.41, 5.74) is 0.650. The number of hydrogen-bond acceptors (Lipinski definition) is 5. The van der Waals surface area contributed by atoms with Crippen LogP contribution in [0.5, 0.6) is 17.2 Å². The number of non-ortho nitro benzene ring substituents is 1. The predicted octanol–water partition coefficient (Wildman–Crippen LogP) is 5.01. The van der Waals surface area contributed by atoms with Gasteiger partial charge in [0, 0.05) is 18.2 Å². The largest absolute Gasteiger partial charge is 0.457 e. The second-order valence-corrected chi connectivity index (χ2v) is 5.49. The molecule has 27 heavy (non-hydrogen) atoms. The minimum atomic E-state index is -0.551. The Balaban J connectivity index is 1.56. The molecule has 6 heteroatoms. The standard InChI is InChI=1S/C21H15NO5/c23-21(15-8-16-6-9-17(10-7-16)22(24)25)27-20-13-11-19(12-14-20)26-18-4-2-1-3-5-18/h1-15H/b15-8+. The Hall–Kier alpha value is -3.93. The topological polar surface area (TPSA) is 78.7 Å². The summed E-state index contributed by atoms with van der Waals surface area (Å²) < 4.78 is 10.9. The smallest absolute Gasteiger partial charge is 0.336 e. The second-order valence-electron chi connectivity index (χ2n) is 5.49. The van der Waals surface area contributed by atoms with Crippen LogP contribution in [0.3, 0.4) is 0 Å². The zero-order valence-corrected chi connectivity index (χ0v) is 14.1. The van der Waals surface area contributed by atoms with Gasteiger partial charge >= 0.3 is 5.97 Å². The fourth-order valence-corrected chi connectivity index (χ4v) is 2.22. The van der Waals surface area contributed by atoms with E-state index in [4.69, 9.17) is 9.47 Å². The van der Waals surface area contributed by atoms with Gasteiger partial charge in [-0.25, -0.2) is 4.79 Å². The van der Waals surface area contributed by atoms with Gasteiger partial charge in [-0.3, -0.25) is 10.1 Å². The number of nitrogens with zero attached hydrogens (tertiary/aromatic N) is 1. The SMILES string of the molecule is O=C(/C=C/c1ccc([N+](=O)[O-])cc1)Oc1ccc(Oc2ccccc2)cc1. The Morgan fingerprint density at radius 1 is 0.815 bits per heavy atom. The Kier molecular flexibility index (Phi) is 5.59. The summed E-state index contributed by atoms with van der Waals surface area (Å²) >= 11 is 0. The highest BCUT2D eigenvalue weighted by Crippen LogP contribution is 2.23. The highest BCUT2D eigenvalue weighted by molar-refractivity contribution is 5.88. The number of nitro benzene ring substituents is 1. The normalized spacial score (nSPS) is 10.5. The number of rotatable bonds is 6. The van der Waals surface area contributed by atoms with Crippen LogP contribution in [0, 0.1) is 10.1 Å². The molecule has 0 unspecified atom stereocenters. The monoisotopic (exact) mass is 361 g/mol. The van der Waals surface area contributed by atoms with Crippen molar-refractivity contribution in [1.29, 1.82) is 0 Å². The quantitative estimate of drug-likeness (QED) is 0.203. The van der Waals surface area contributed by atoms with Crippen LogP contribution in [0.1, 0.15) is 5.56 Å². The summed E-state index contributed by atoms with van der Waals surface area (Å²) in [6.45, 7) is 0. The van der Waals surface area contributed by atoms with Gasteiger partial charge in [-0.2, -0.15) is 0 Å². The van der Waals surface area contributed by atoms with Crippen LogP contribution in [0.4, 0.5) is 5.69 Å². The molecule has 0 spiro atoms. The minimum absolute atomic E-state index is 0.00691. The van der Waals surface area contributed by atoms with Crippen molar-refractivity contribution in [2.24, 2.45) is 0 Å². The molecule has 3 rings (SSSR count). The first-order valence-corrected chi connectivity index (χ1v) is 8.07. The van der Waals surface area contributed by atoms with E-state index in [1.807, 2.05) is 30.3 Å². The molecule has 0 aliphatic rings. The van der Waals surface area contributed by atoms with Crippen molar-refractivity contribution in [2.45, 2.75) is 0 Å². The first-order valence-electron chi connectivity index (χ1n) is 8.07. The van der Waals surface area contributed by atoms with Crippen LogP contribution in [0.15, 0.2) is 84.9 Å². The average Bonchev–Trinajstić information content (AvgIpc) is 2.69. The molecular formula is C21H15NO5. The predicted molar refractivity (Wildman–Crippen MR) is 101 cm³/mol. The van der Waals surface area contributed by atoms with Crippen LogP contribution in [-0.4, -0.2) is 10.9 Å². The van der Waals surface area contributed by atoms with Crippen LogP contribution < -0.4 is 9.47 Å². The molecule has 134 valence electrons. The molecule has 0 N–H and O–H groups in total. The fourth-order valence-electron chi connectivity index (χ4n) is 2.22. The van der Waals surface area contributed by atoms with Gasteiger partial charge in [0.05, 0.1) is 4.92 Å². The molecule has 0 aliphatic carbocycles. The summed E-state index contributed by atoms with van der Waals surface area (Å²) in [6, 6.07) is 21.9. The first-order chi connectivity index (χ1) is 13.1. The highest BCUT2D eigenvalue weighted by Gasteiger charge is 2.04. The summed E-state index contributed by atoms with van der Waals surface area (Å²) in [5.74, 6) is 1.18. The lowest BCUT2D eigenvalue weighted by molar-refractivity contribution is -0.384. The minimum Gasteiger partial charge on any atom is -0.457 e. The van der Waals surface area contributed by atoms with Crippen molar-refractivity contribution in [3.63, 3.8) is 0 Å². The van der Waals surface area contributed by atoms with Crippen molar-refractivity contribution in [2.75, 3.05) is 0 Å². The van der Waals surface area contributed by atoms with E-state index in [0.717, 1.165) is 0 Å². The molecule has 0 aromatic heterocycles. The van der Waals surface area contributed by atoms with E-state index >= 15 is 0 Å². The number of ether oxygens (including phenoxy) is 2. The summed E-state index contributed by atoms with van der Waals surface area (Å²) in [5, 5.41) is 10.6. The van der Waals surface area contributed by atoms with Gasteiger partial charge in [0.2, 0.25) is 0 Å². The van der Waals surface area contributed by atoms with Crippen molar-refractivity contribution in [1.82, 2.24) is 0 Å². The highest BCUT2D eigenvalue weighted by atomic mass is 16.6. The zero-order chi connectivity index (χ0) is 19.1. The number of carbonyl (C=O) groups is 1. The number of carbonyl (C=O) groups excluding carboxylic acids is 1. The molecule has 0 fully saturated rings. The maximum Gasteiger partial charge on any atom is 0.336 e. The Morgan fingerprint density at radius 3 is 2.04 bits per heavy atom. The molecule has 0 saturated heterocycles. The molecule has 3 aromatic carbocycles. The number of benzene rings is 3. The lowest BCUT2D eigenvalue weighted by atomic mass is 10.2. The van der Waals surface area contributed by atoms with Crippen LogP contribution in [0.25, 0.3) is 6.08 Å². The third-order valence-corrected chi connectivity index (χ3v) is 3.54. The molecule has 3 aromatic rings. The summed E-state index contributed by atoms with van der Waals surface area (Å²) in [6.07, 6.45) is 2.79. The van der Waals surface area contributed by atoms with Crippen molar-refractivity contribution >= 4 is 17.7 Å². The lowest BCUT2D eigenvalue weighted by Gasteiger charge is -2.06. The third-order valence-electron chi connectivity index (χ3n) is 3.54. The molecule has 0 radical (unpaired) electrons. The molecule has 0 atom stereocenters. The Bertz CT molecular complexity index is 948. The van der Waals surface area contributed by atoms with Gasteiger partial charge in [0.15, 0.2) is 0 Å². The van der Waals surface area contributed by atoms with Gasteiger partial charge in [-0.1, -0.05) is 18.2 Å². The molecule has 0 heterocycles. The van der Waals surface area contributed by atoms with Crippen molar-refractivity contribution in [3.8, 4) is 17.2 Å². The number of hydrogen-bond donors (Lipinski definition) is 0. The maximum absolute atomic E-state index is 11.9. The van der Waals surface area contributed by atoms with Gasteiger partial charge in [-0.05, 0) is 60.2 Å². The third kappa shape index (κ3) is 5.27. The number of esters is 1. The van der Waals surface area contributed by atoms with Crippen molar-refractivity contribution < 1.29 is 19.2 Å². The van der Waals surface area contributed by atoms with Gasteiger partial charge in [0.25, 0.3) is 5.69 Å². The Morgan fingerprint density at radius 2 is 1.41 bits per heavy atom. The van der Waals surface area contributed by atoms with Gasteiger partial charge in [0.1, 0.15) is 17.2 Å². The number of nitro groups is 1.